The average Bonchev–Trinajstić information content (AvgIpc) is 2.95. The third-order valence-electron chi connectivity index (χ3n) is 3.87. The summed E-state index contributed by atoms with van der Waals surface area (Å²) in [6.45, 7) is 0. The van der Waals surface area contributed by atoms with E-state index in [0.717, 1.165) is 41.8 Å². The molecule has 1 N–H and O–H groups in total. The van der Waals surface area contributed by atoms with Gasteiger partial charge in [-0.05, 0) is 43.5 Å². The van der Waals surface area contributed by atoms with Crippen LogP contribution in [0.5, 0.6) is 0 Å². The highest BCUT2D eigenvalue weighted by Crippen LogP contribution is 2.37. The fraction of sp³-hybridized carbons (Fsp3) is 0.312. The second-order valence-corrected chi connectivity index (χ2v) is 6.31. The molecule has 1 saturated carbocycles. The fourth-order valence-corrected chi connectivity index (χ4v) is 3.12. The predicted molar refractivity (Wildman–Crippen MR) is 83.1 cm³/mol. The van der Waals surface area contributed by atoms with Crippen LogP contribution in [0.4, 0.5) is 4.39 Å². The first-order valence-corrected chi connectivity index (χ1v) is 8.13. The fourth-order valence-electron chi connectivity index (χ4n) is 2.28. The van der Waals surface area contributed by atoms with Crippen LogP contribution in [0, 0.1) is 5.82 Å². The third kappa shape index (κ3) is 3.30. The Hall–Kier alpha value is -2.12. The highest BCUT2D eigenvalue weighted by atomic mass is 32.1. The molecule has 4 rings (SSSR count). The average molecular weight is 334 g/mol. The smallest absolute Gasteiger partial charge is 0.348 e. The van der Waals surface area contributed by atoms with Crippen LogP contribution in [0.25, 0.3) is 10.6 Å². The number of hydroxylamine groups is 1. The molecule has 2 aromatic rings. The van der Waals surface area contributed by atoms with Crippen LogP contribution in [-0.2, 0) is 20.8 Å². The van der Waals surface area contributed by atoms with E-state index >= 15 is 0 Å². The van der Waals surface area contributed by atoms with Crippen molar-refractivity contribution < 1.29 is 18.8 Å². The number of aromatic nitrogens is 1. The quantitative estimate of drug-likeness (QED) is 0.874. The highest BCUT2D eigenvalue weighted by molar-refractivity contribution is 7.13. The van der Waals surface area contributed by atoms with Crippen LogP contribution >= 0.6 is 11.3 Å². The van der Waals surface area contributed by atoms with Crippen molar-refractivity contribution in [2.24, 2.45) is 0 Å². The van der Waals surface area contributed by atoms with Crippen LogP contribution in [0.15, 0.2) is 29.6 Å². The van der Waals surface area contributed by atoms with E-state index < -0.39 is 0 Å². The summed E-state index contributed by atoms with van der Waals surface area (Å²) in [7, 11) is 0. The SMILES string of the molecule is O=C1ONC12CCC2.O=CCc1csc(-c2ccc(F)cc2)n1. The number of hydrogen-bond acceptors (Lipinski definition) is 6. The van der Waals surface area contributed by atoms with Gasteiger partial charge in [-0.2, -0.15) is 0 Å². The lowest BCUT2D eigenvalue weighted by Crippen LogP contribution is -2.68. The predicted octanol–water partition coefficient (Wildman–Crippen LogP) is 2.66. The van der Waals surface area contributed by atoms with Gasteiger partial charge >= 0.3 is 5.97 Å². The van der Waals surface area contributed by atoms with Gasteiger partial charge < -0.3 is 9.63 Å². The number of carbonyl (C=O) groups is 2. The molecule has 1 aliphatic heterocycles. The minimum Gasteiger partial charge on any atom is -0.368 e. The van der Waals surface area contributed by atoms with Crippen LogP contribution in [0.1, 0.15) is 25.0 Å². The number of halogens is 1. The van der Waals surface area contributed by atoms with Gasteiger partial charge in [0.2, 0.25) is 0 Å². The Morgan fingerprint density at radius 2 is 2.09 bits per heavy atom. The molecule has 5 nitrogen and oxygen atoms in total. The minimum atomic E-state index is -0.261. The molecule has 0 unspecified atom stereocenters. The van der Waals surface area contributed by atoms with E-state index in [0.29, 0.717) is 6.42 Å². The van der Waals surface area contributed by atoms with Gasteiger partial charge in [-0.15, -0.1) is 16.8 Å². The number of thiazole rings is 1. The zero-order valence-electron chi connectivity index (χ0n) is 12.3. The molecule has 0 amide bonds. The Morgan fingerprint density at radius 3 is 2.52 bits per heavy atom. The minimum absolute atomic E-state index is 0.0660. The molecule has 1 saturated heterocycles. The Kier molecular flexibility index (Phi) is 4.49. The topological polar surface area (TPSA) is 68.3 Å². The van der Waals surface area contributed by atoms with Crippen LogP contribution in [0.2, 0.25) is 0 Å². The van der Waals surface area contributed by atoms with E-state index in [1.807, 2.05) is 5.38 Å². The first kappa shape index (κ1) is 15.8. The van der Waals surface area contributed by atoms with Crippen molar-refractivity contribution in [1.29, 1.82) is 0 Å². The largest absolute Gasteiger partial charge is 0.368 e. The van der Waals surface area contributed by atoms with Gasteiger partial charge in [-0.25, -0.2) is 14.2 Å². The number of nitrogens with one attached hydrogen (secondary N) is 1. The molecule has 2 aliphatic rings. The van der Waals surface area contributed by atoms with Crippen molar-refractivity contribution in [3.05, 3.63) is 41.2 Å². The maximum Gasteiger partial charge on any atom is 0.348 e. The van der Waals surface area contributed by atoms with Gasteiger partial charge in [0.1, 0.15) is 17.1 Å². The van der Waals surface area contributed by atoms with Crippen LogP contribution in [0.3, 0.4) is 0 Å². The lowest BCUT2D eigenvalue weighted by atomic mass is 9.76. The van der Waals surface area contributed by atoms with Crippen LogP contribution < -0.4 is 5.48 Å². The molecule has 120 valence electrons. The van der Waals surface area contributed by atoms with Gasteiger partial charge in [-0.1, -0.05) is 0 Å². The molecule has 1 aromatic heterocycles. The Morgan fingerprint density at radius 1 is 1.35 bits per heavy atom. The normalized spacial score (nSPS) is 17.3. The zero-order chi connectivity index (χ0) is 16.3. The van der Waals surface area contributed by atoms with E-state index in [-0.39, 0.29) is 17.3 Å². The number of hydrogen-bond donors (Lipinski definition) is 1. The lowest BCUT2D eigenvalue weighted by molar-refractivity contribution is -0.208. The highest BCUT2D eigenvalue weighted by Gasteiger charge is 2.53. The van der Waals surface area contributed by atoms with Crippen molar-refractivity contribution in [2.75, 3.05) is 0 Å². The number of carbonyl (C=O) groups excluding carboxylic acids is 2. The van der Waals surface area contributed by atoms with Crippen molar-refractivity contribution >= 4 is 23.6 Å². The van der Waals surface area contributed by atoms with E-state index in [9.17, 15) is 14.0 Å². The lowest BCUT2D eigenvalue weighted by Gasteiger charge is -2.45. The summed E-state index contributed by atoms with van der Waals surface area (Å²) in [6.07, 6.45) is 4.24. The molecule has 0 radical (unpaired) electrons. The number of benzene rings is 1. The van der Waals surface area contributed by atoms with Crippen molar-refractivity contribution in [1.82, 2.24) is 10.5 Å². The Bertz CT molecular complexity index is 705. The van der Waals surface area contributed by atoms with E-state index in [4.69, 9.17) is 0 Å². The second-order valence-electron chi connectivity index (χ2n) is 5.45. The zero-order valence-corrected chi connectivity index (χ0v) is 13.1. The molecule has 0 atom stereocenters. The van der Waals surface area contributed by atoms with E-state index in [2.05, 4.69) is 15.3 Å². The Balaban J connectivity index is 0.000000162. The molecular weight excluding hydrogens is 319 g/mol. The van der Waals surface area contributed by atoms with Gasteiger partial charge in [0.05, 0.1) is 5.69 Å². The summed E-state index contributed by atoms with van der Waals surface area (Å²) in [5, 5.41) is 2.65. The molecule has 1 aromatic carbocycles. The molecule has 7 heteroatoms. The molecular formula is C16H15FN2O3S. The number of aldehydes is 1. The first-order valence-electron chi connectivity index (χ1n) is 7.25. The number of nitrogens with zero attached hydrogens (tertiary/aromatic N) is 1. The summed E-state index contributed by atoms with van der Waals surface area (Å²) in [4.78, 5) is 29.5. The van der Waals surface area contributed by atoms with Crippen LogP contribution in [-0.4, -0.2) is 22.8 Å². The van der Waals surface area contributed by atoms with E-state index in [1.165, 1.54) is 23.5 Å². The summed E-state index contributed by atoms with van der Waals surface area (Å²) < 4.78 is 12.7. The van der Waals surface area contributed by atoms with E-state index in [1.54, 1.807) is 12.1 Å². The van der Waals surface area contributed by atoms with Gasteiger partial charge in [0.25, 0.3) is 0 Å². The van der Waals surface area contributed by atoms with Crippen molar-refractivity contribution in [3.63, 3.8) is 0 Å². The molecule has 1 spiro atoms. The summed E-state index contributed by atoms with van der Waals surface area (Å²) in [6, 6.07) is 6.16. The summed E-state index contributed by atoms with van der Waals surface area (Å²) in [5.74, 6) is -0.327. The van der Waals surface area contributed by atoms with Crippen molar-refractivity contribution in [3.8, 4) is 10.6 Å². The van der Waals surface area contributed by atoms with Crippen molar-refractivity contribution in [2.45, 2.75) is 31.2 Å². The monoisotopic (exact) mass is 334 g/mol. The molecule has 2 heterocycles. The van der Waals surface area contributed by atoms with Gasteiger partial charge in [-0.3, -0.25) is 0 Å². The second kappa shape index (κ2) is 6.55. The van der Waals surface area contributed by atoms with Gasteiger partial charge in [0.15, 0.2) is 5.54 Å². The molecule has 0 bridgehead atoms. The standard InChI is InChI=1S/C11H8FNOS.C5H7NO2/c12-9-3-1-8(2-4-9)11-13-10(5-6-14)7-15-11;7-4-5(6-8-4)2-1-3-5/h1-4,6-7H,5H2;6H,1-3H2. The maximum atomic E-state index is 12.7. The Labute approximate surface area is 136 Å². The molecule has 23 heavy (non-hydrogen) atoms. The summed E-state index contributed by atoms with van der Waals surface area (Å²) >= 11 is 1.46. The van der Waals surface area contributed by atoms with Gasteiger partial charge in [0, 0.05) is 17.4 Å². The molecule has 2 fully saturated rings. The number of rotatable bonds is 3. The maximum absolute atomic E-state index is 12.7. The summed E-state index contributed by atoms with van der Waals surface area (Å²) in [5.41, 5.74) is 4.08. The third-order valence-corrected chi connectivity index (χ3v) is 4.81. The molecule has 1 aliphatic carbocycles. The first-order chi connectivity index (χ1) is 11.1.